The zero-order valence-corrected chi connectivity index (χ0v) is 11.8. The molecule has 2 rings (SSSR count). The number of halogens is 2. The normalized spacial score (nSPS) is 18.7. The van der Waals surface area contributed by atoms with Gasteiger partial charge in [-0.1, -0.05) is 25.0 Å². The van der Waals surface area contributed by atoms with Gasteiger partial charge in [0, 0.05) is 5.56 Å². The number of aliphatic hydroxyl groups is 1. The van der Waals surface area contributed by atoms with Crippen LogP contribution in [0.5, 0.6) is 5.75 Å². The first-order valence-electron chi connectivity index (χ1n) is 6.41. The fraction of sp³-hybridized carbons (Fsp3) is 0.571. The molecule has 0 unspecified atom stereocenters. The first-order chi connectivity index (χ1) is 8.65. The van der Waals surface area contributed by atoms with E-state index in [-0.39, 0.29) is 24.1 Å². The Labute approximate surface area is 119 Å². The van der Waals surface area contributed by atoms with E-state index in [1.807, 2.05) is 0 Å². The Kier molecular flexibility index (Phi) is 6.04. The van der Waals surface area contributed by atoms with Gasteiger partial charge in [0.25, 0.3) is 0 Å². The van der Waals surface area contributed by atoms with Crippen molar-refractivity contribution >= 4 is 12.4 Å². The second kappa shape index (κ2) is 7.08. The van der Waals surface area contributed by atoms with E-state index in [1.165, 1.54) is 7.11 Å². The molecule has 0 amide bonds. The van der Waals surface area contributed by atoms with Crippen LogP contribution in [0.1, 0.15) is 37.3 Å². The highest BCUT2D eigenvalue weighted by atomic mass is 35.5. The number of ether oxygens (including phenoxy) is 1. The molecule has 1 saturated carbocycles. The van der Waals surface area contributed by atoms with Crippen LogP contribution >= 0.6 is 12.4 Å². The van der Waals surface area contributed by atoms with E-state index in [0.717, 1.165) is 25.7 Å². The summed E-state index contributed by atoms with van der Waals surface area (Å²) in [6.07, 6.45) is 3.50. The fourth-order valence-corrected chi connectivity index (χ4v) is 2.72. The highest BCUT2D eigenvalue weighted by molar-refractivity contribution is 5.85. The molecule has 0 aromatic heterocycles. The van der Waals surface area contributed by atoms with Crippen LogP contribution in [-0.4, -0.2) is 18.3 Å². The van der Waals surface area contributed by atoms with Crippen molar-refractivity contribution in [3.05, 3.63) is 29.6 Å². The predicted octanol–water partition coefficient (Wildman–Crippen LogP) is 2.81. The van der Waals surface area contributed by atoms with Crippen molar-refractivity contribution in [2.24, 2.45) is 11.7 Å². The number of aliphatic hydroxyl groups excluding tert-OH is 1. The average Bonchev–Trinajstić information content (AvgIpc) is 2.91. The van der Waals surface area contributed by atoms with Gasteiger partial charge < -0.3 is 15.6 Å². The lowest BCUT2D eigenvalue weighted by atomic mass is 9.90. The predicted molar refractivity (Wildman–Crippen MR) is 75.1 cm³/mol. The fourth-order valence-electron chi connectivity index (χ4n) is 2.72. The first kappa shape index (κ1) is 16.2. The van der Waals surface area contributed by atoms with Crippen molar-refractivity contribution in [2.45, 2.75) is 37.8 Å². The minimum atomic E-state index is -0.691. The second-order valence-electron chi connectivity index (χ2n) is 4.92. The van der Waals surface area contributed by atoms with Gasteiger partial charge in [-0.25, -0.2) is 4.39 Å². The minimum absolute atomic E-state index is 0. The number of methoxy groups -OCH3 is 1. The van der Waals surface area contributed by atoms with Crippen molar-refractivity contribution in [1.29, 1.82) is 0 Å². The van der Waals surface area contributed by atoms with Gasteiger partial charge >= 0.3 is 0 Å². The topological polar surface area (TPSA) is 55.5 Å². The molecular weight excluding hydrogens is 269 g/mol. The summed E-state index contributed by atoms with van der Waals surface area (Å²) in [6, 6.07) is 4.16. The molecule has 0 saturated heterocycles. The molecule has 1 fully saturated rings. The second-order valence-corrected chi connectivity index (χ2v) is 4.92. The van der Waals surface area contributed by atoms with Gasteiger partial charge in [0.05, 0.1) is 19.3 Å². The van der Waals surface area contributed by atoms with Gasteiger partial charge in [0.1, 0.15) is 0 Å². The van der Waals surface area contributed by atoms with Crippen molar-refractivity contribution in [3.8, 4) is 5.75 Å². The lowest BCUT2D eigenvalue weighted by molar-refractivity contribution is 0.0831. The van der Waals surface area contributed by atoms with E-state index in [0.29, 0.717) is 5.56 Å². The maximum Gasteiger partial charge on any atom is 0.169 e. The molecule has 1 aliphatic rings. The largest absolute Gasteiger partial charge is 0.494 e. The number of rotatable bonds is 4. The third-order valence-electron chi connectivity index (χ3n) is 3.82. The van der Waals surface area contributed by atoms with Crippen LogP contribution in [-0.2, 0) is 0 Å². The summed E-state index contributed by atoms with van der Waals surface area (Å²) in [5.41, 5.74) is 6.32. The molecule has 1 aromatic rings. The summed E-state index contributed by atoms with van der Waals surface area (Å²) in [6.45, 7) is 0. The van der Waals surface area contributed by atoms with E-state index in [1.54, 1.807) is 18.2 Å². The maximum absolute atomic E-state index is 14.1. The molecule has 0 radical (unpaired) electrons. The van der Waals surface area contributed by atoms with Crippen LogP contribution in [0.4, 0.5) is 4.39 Å². The third kappa shape index (κ3) is 3.38. The molecule has 0 aliphatic heterocycles. The Morgan fingerprint density at radius 1 is 1.37 bits per heavy atom. The van der Waals surface area contributed by atoms with Gasteiger partial charge in [-0.15, -0.1) is 12.4 Å². The number of nitrogens with two attached hydrogens (primary N) is 1. The number of hydrogen-bond acceptors (Lipinski definition) is 3. The molecule has 0 spiro atoms. The van der Waals surface area contributed by atoms with Crippen LogP contribution in [0.25, 0.3) is 0 Å². The van der Waals surface area contributed by atoms with Crippen LogP contribution < -0.4 is 10.5 Å². The van der Waals surface area contributed by atoms with E-state index in [9.17, 15) is 9.50 Å². The highest BCUT2D eigenvalue weighted by Crippen LogP contribution is 2.34. The number of benzene rings is 1. The molecule has 2 atom stereocenters. The SMILES string of the molecule is COc1cccc([C@@H](N)[C@@H](O)C2CCCC2)c1F.Cl. The summed E-state index contributed by atoms with van der Waals surface area (Å²) < 4.78 is 19.0. The molecule has 5 heteroatoms. The third-order valence-corrected chi connectivity index (χ3v) is 3.82. The maximum atomic E-state index is 14.1. The Morgan fingerprint density at radius 3 is 2.58 bits per heavy atom. The molecule has 3 N–H and O–H groups in total. The van der Waals surface area contributed by atoms with E-state index < -0.39 is 18.0 Å². The van der Waals surface area contributed by atoms with E-state index in [2.05, 4.69) is 0 Å². The number of hydrogen-bond donors (Lipinski definition) is 2. The summed E-state index contributed by atoms with van der Waals surface area (Å²) >= 11 is 0. The van der Waals surface area contributed by atoms with Crippen LogP contribution in [0.3, 0.4) is 0 Å². The Morgan fingerprint density at radius 2 is 2.00 bits per heavy atom. The summed E-state index contributed by atoms with van der Waals surface area (Å²) in [7, 11) is 1.42. The van der Waals surface area contributed by atoms with Crippen LogP contribution in [0, 0.1) is 11.7 Å². The zero-order valence-electron chi connectivity index (χ0n) is 11.0. The lowest BCUT2D eigenvalue weighted by Gasteiger charge is -2.25. The summed E-state index contributed by atoms with van der Waals surface area (Å²) in [4.78, 5) is 0. The molecule has 1 aromatic carbocycles. The summed E-state index contributed by atoms with van der Waals surface area (Å²) in [5.74, 6) is -0.114. The minimum Gasteiger partial charge on any atom is -0.494 e. The molecule has 108 valence electrons. The van der Waals surface area contributed by atoms with Crippen LogP contribution in [0.15, 0.2) is 18.2 Å². The quantitative estimate of drug-likeness (QED) is 0.896. The van der Waals surface area contributed by atoms with Gasteiger partial charge in [0.2, 0.25) is 0 Å². The molecule has 1 aliphatic carbocycles. The van der Waals surface area contributed by atoms with Crippen molar-refractivity contribution in [3.63, 3.8) is 0 Å². The molecule has 3 nitrogen and oxygen atoms in total. The first-order valence-corrected chi connectivity index (χ1v) is 6.41. The lowest BCUT2D eigenvalue weighted by Crippen LogP contribution is -2.32. The molecule has 0 bridgehead atoms. The smallest absolute Gasteiger partial charge is 0.169 e. The van der Waals surface area contributed by atoms with Crippen LogP contribution in [0.2, 0.25) is 0 Å². The average molecular weight is 290 g/mol. The Bertz CT molecular complexity index is 410. The Balaban J connectivity index is 0.00000180. The standard InChI is InChI=1S/C14H20FNO2.ClH/c1-18-11-8-4-7-10(12(11)15)13(16)14(17)9-5-2-3-6-9;/h4,7-9,13-14,17H,2-3,5-6,16H2,1H3;1H/t13-,14+;/m1./s1. The van der Waals surface area contributed by atoms with E-state index >= 15 is 0 Å². The summed E-state index contributed by atoms with van der Waals surface area (Å²) in [5, 5.41) is 10.2. The van der Waals surface area contributed by atoms with Gasteiger partial charge in [-0.05, 0) is 24.8 Å². The van der Waals surface area contributed by atoms with Gasteiger partial charge in [-0.2, -0.15) is 0 Å². The molecule has 0 heterocycles. The molecule has 19 heavy (non-hydrogen) atoms. The molecular formula is C14H21ClFNO2. The van der Waals surface area contributed by atoms with Gasteiger partial charge in [0.15, 0.2) is 11.6 Å². The zero-order chi connectivity index (χ0) is 13.1. The Hall–Kier alpha value is -0.840. The highest BCUT2D eigenvalue weighted by Gasteiger charge is 2.30. The van der Waals surface area contributed by atoms with Crippen molar-refractivity contribution < 1.29 is 14.2 Å². The van der Waals surface area contributed by atoms with Crippen molar-refractivity contribution in [1.82, 2.24) is 0 Å². The van der Waals surface area contributed by atoms with Gasteiger partial charge in [-0.3, -0.25) is 0 Å². The van der Waals surface area contributed by atoms with Crippen molar-refractivity contribution in [2.75, 3.05) is 7.11 Å². The van der Waals surface area contributed by atoms with E-state index in [4.69, 9.17) is 10.5 Å². The monoisotopic (exact) mass is 289 g/mol.